The molecule has 0 radical (unpaired) electrons. The fourth-order valence-corrected chi connectivity index (χ4v) is 1.07. The molecule has 0 saturated heterocycles. The summed E-state index contributed by atoms with van der Waals surface area (Å²) in [5.41, 5.74) is 1.05. The van der Waals surface area contributed by atoms with Crippen LogP contribution >= 0.6 is 11.6 Å². The zero-order chi connectivity index (χ0) is 8.10. The van der Waals surface area contributed by atoms with Gasteiger partial charge in [-0.05, 0) is 12.8 Å². The highest BCUT2D eigenvalue weighted by Crippen LogP contribution is 2.12. The lowest BCUT2D eigenvalue weighted by Crippen LogP contribution is -1.89. The Morgan fingerprint density at radius 2 is 2.36 bits per heavy atom. The van der Waals surface area contributed by atoms with Crippen LogP contribution < -0.4 is 0 Å². The van der Waals surface area contributed by atoms with Crippen molar-refractivity contribution in [2.45, 2.75) is 26.2 Å². The van der Waals surface area contributed by atoms with Crippen LogP contribution in [0.25, 0.3) is 0 Å². The average Bonchev–Trinajstić information content (AvgIpc) is 2.03. The van der Waals surface area contributed by atoms with Crippen LogP contribution in [0.2, 0.25) is 5.15 Å². The number of hydrogen-bond donors (Lipinski definition) is 0. The van der Waals surface area contributed by atoms with Crippen LogP contribution in [0.3, 0.4) is 0 Å². The van der Waals surface area contributed by atoms with Gasteiger partial charge in [0.2, 0.25) is 0 Å². The van der Waals surface area contributed by atoms with Gasteiger partial charge in [-0.2, -0.15) is 0 Å². The van der Waals surface area contributed by atoms with Crippen LogP contribution in [-0.4, -0.2) is 9.97 Å². The summed E-state index contributed by atoms with van der Waals surface area (Å²) in [5.74, 6) is 0. The van der Waals surface area contributed by atoms with Crippen molar-refractivity contribution in [2.75, 3.05) is 0 Å². The van der Waals surface area contributed by atoms with Crippen molar-refractivity contribution < 1.29 is 0 Å². The molecule has 0 amide bonds. The summed E-state index contributed by atoms with van der Waals surface area (Å²) in [6.45, 7) is 2.15. The van der Waals surface area contributed by atoms with Gasteiger partial charge in [0.25, 0.3) is 0 Å². The van der Waals surface area contributed by atoms with E-state index in [4.69, 9.17) is 11.6 Å². The second kappa shape index (κ2) is 4.29. The number of unbranched alkanes of at least 4 members (excludes halogenated alkanes) is 1. The van der Waals surface area contributed by atoms with E-state index in [1.165, 1.54) is 12.7 Å². The van der Waals surface area contributed by atoms with Crippen LogP contribution in [0, 0.1) is 0 Å². The summed E-state index contributed by atoms with van der Waals surface area (Å²) in [4.78, 5) is 7.79. The number of aryl methyl sites for hydroxylation is 1. The van der Waals surface area contributed by atoms with Gasteiger partial charge in [0.05, 0.1) is 0 Å². The molecule has 2 nitrogen and oxygen atoms in total. The minimum absolute atomic E-state index is 0.591. The first-order valence-electron chi connectivity index (χ1n) is 3.79. The molecule has 0 fully saturated rings. The summed E-state index contributed by atoms with van der Waals surface area (Å²) in [6.07, 6.45) is 6.55. The SMILES string of the molecule is CCCCc1cncnc1Cl. The molecule has 60 valence electrons. The van der Waals surface area contributed by atoms with Crippen molar-refractivity contribution >= 4 is 11.6 Å². The molecule has 1 rings (SSSR count). The van der Waals surface area contributed by atoms with Crippen LogP contribution in [0.5, 0.6) is 0 Å². The second-order valence-electron chi connectivity index (χ2n) is 2.44. The topological polar surface area (TPSA) is 25.8 Å². The molecule has 1 aromatic heterocycles. The molecule has 1 heterocycles. The van der Waals surface area contributed by atoms with Gasteiger partial charge < -0.3 is 0 Å². The Kier molecular flexibility index (Phi) is 3.30. The van der Waals surface area contributed by atoms with E-state index in [9.17, 15) is 0 Å². The van der Waals surface area contributed by atoms with Crippen molar-refractivity contribution in [1.82, 2.24) is 9.97 Å². The maximum absolute atomic E-state index is 5.81. The minimum Gasteiger partial charge on any atom is -0.244 e. The highest BCUT2D eigenvalue weighted by atomic mass is 35.5. The van der Waals surface area contributed by atoms with E-state index < -0.39 is 0 Å². The predicted molar refractivity (Wildman–Crippen MR) is 45.7 cm³/mol. The molecule has 0 atom stereocenters. The zero-order valence-corrected chi connectivity index (χ0v) is 7.30. The van der Waals surface area contributed by atoms with Gasteiger partial charge >= 0.3 is 0 Å². The van der Waals surface area contributed by atoms with E-state index in [1.54, 1.807) is 6.20 Å². The van der Waals surface area contributed by atoms with Gasteiger partial charge in [0, 0.05) is 11.8 Å². The van der Waals surface area contributed by atoms with Gasteiger partial charge in [-0.3, -0.25) is 0 Å². The van der Waals surface area contributed by atoms with Crippen LogP contribution in [0.4, 0.5) is 0 Å². The van der Waals surface area contributed by atoms with Crippen molar-refractivity contribution in [3.05, 3.63) is 23.2 Å². The smallest absolute Gasteiger partial charge is 0.135 e. The number of halogens is 1. The molecule has 0 saturated carbocycles. The molecule has 0 spiro atoms. The fourth-order valence-electron chi connectivity index (χ4n) is 0.878. The Labute approximate surface area is 71.6 Å². The molecule has 0 aliphatic rings. The largest absolute Gasteiger partial charge is 0.244 e. The summed E-state index contributed by atoms with van der Waals surface area (Å²) in [6, 6.07) is 0. The third-order valence-corrected chi connectivity index (χ3v) is 1.87. The van der Waals surface area contributed by atoms with E-state index in [0.717, 1.165) is 18.4 Å². The Hall–Kier alpha value is -0.630. The number of nitrogens with zero attached hydrogens (tertiary/aromatic N) is 2. The first-order chi connectivity index (χ1) is 5.34. The molecule has 11 heavy (non-hydrogen) atoms. The normalized spacial score (nSPS) is 10.0. The standard InChI is InChI=1S/C8H11ClN2/c1-2-3-4-7-5-10-6-11-8(7)9/h5-6H,2-4H2,1H3. The fraction of sp³-hybridized carbons (Fsp3) is 0.500. The third kappa shape index (κ3) is 2.46. The molecule has 0 unspecified atom stereocenters. The van der Waals surface area contributed by atoms with Crippen molar-refractivity contribution in [3.8, 4) is 0 Å². The van der Waals surface area contributed by atoms with Crippen molar-refractivity contribution in [3.63, 3.8) is 0 Å². The minimum atomic E-state index is 0.591. The highest BCUT2D eigenvalue weighted by molar-refractivity contribution is 6.30. The van der Waals surface area contributed by atoms with E-state index in [0.29, 0.717) is 5.15 Å². The van der Waals surface area contributed by atoms with E-state index >= 15 is 0 Å². The highest BCUT2D eigenvalue weighted by Gasteiger charge is 1.98. The molecule has 0 aliphatic heterocycles. The monoisotopic (exact) mass is 170 g/mol. The van der Waals surface area contributed by atoms with Gasteiger partial charge in [-0.1, -0.05) is 24.9 Å². The van der Waals surface area contributed by atoms with Gasteiger partial charge in [-0.25, -0.2) is 9.97 Å². The Morgan fingerprint density at radius 3 is 3.00 bits per heavy atom. The Morgan fingerprint density at radius 1 is 1.55 bits per heavy atom. The van der Waals surface area contributed by atoms with Crippen LogP contribution in [0.15, 0.2) is 12.5 Å². The molecule has 0 aromatic carbocycles. The molecule has 1 aromatic rings. The number of aromatic nitrogens is 2. The van der Waals surface area contributed by atoms with Crippen LogP contribution in [-0.2, 0) is 6.42 Å². The van der Waals surface area contributed by atoms with E-state index in [1.807, 2.05) is 0 Å². The van der Waals surface area contributed by atoms with Crippen LogP contribution in [0.1, 0.15) is 25.3 Å². The molecule has 3 heteroatoms. The summed E-state index contributed by atoms with van der Waals surface area (Å²) < 4.78 is 0. The Bertz CT molecular complexity index is 225. The first kappa shape index (κ1) is 8.47. The average molecular weight is 171 g/mol. The maximum Gasteiger partial charge on any atom is 0.135 e. The summed E-state index contributed by atoms with van der Waals surface area (Å²) in [7, 11) is 0. The van der Waals surface area contributed by atoms with E-state index in [2.05, 4.69) is 16.9 Å². The van der Waals surface area contributed by atoms with E-state index in [-0.39, 0.29) is 0 Å². The van der Waals surface area contributed by atoms with Gasteiger partial charge in [0.15, 0.2) is 0 Å². The molecule has 0 bridgehead atoms. The lowest BCUT2D eigenvalue weighted by molar-refractivity contribution is 0.788. The van der Waals surface area contributed by atoms with Gasteiger partial charge in [0.1, 0.15) is 11.5 Å². The lowest BCUT2D eigenvalue weighted by atomic mass is 10.2. The van der Waals surface area contributed by atoms with Gasteiger partial charge in [-0.15, -0.1) is 0 Å². The molecule has 0 N–H and O–H groups in total. The third-order valence-electron chi connectivity index (χ3n) is 1.53. The summed E-state index contributed by atoms with van der Waals surface area (Å²) >= 11 is 5.81. The summed E-state index contributed by atoms with van der Waals surface area (Å²) in [5, 5.41) is 0.591. The maximum atomic E-state index is 5.81. The second-order valence-corrected chi connectivity index (χ2v) is 2.80. The zero-order valence-electron chi connectivity index (χ0n) is 6.55. The molecule has 0 aliphatic carbocycles. The number of hydrogen-bond acceptors (Lipinski definition) is 2. The van der Waals surface area contributed by atoms with Crippen molar-refractivity contribution in [1.29, 1.82) is 0 Å². The molecular formula is C8H11ClN2. The molecular weight excluding hydrogens is 160 g/mol. The lowest BCUT2D eigenvalue weighted by Gasteiger charge is -1.99. The number of rotatable bonds is 3. The van der Waals surface area contributed by atoms with Crippen molar-refractivity contribution in [2.24, 2.45) is 0 Å². The predicted octanol–water partition coefficient (Wildman–Crippen LogP) is 2.47. The quantitative estimate of drug-likeness (QED) is 0.652. The Balaban J connectivity index is 2.62. The first-order valence-corrected chi connectivity index (χ1v) is 4.16.